The van der Waals surface area contributed by atoms with Gasteiger partial charge in [-0.15, -0.1) is 23.5 Å². The van der Waals surface area contributed by atoms with Gasteiger partial charge in [-0.3, -0.25) is 53.3 Å². The van der Waals surface area contributed by atoms with E-state index in [1.54, 1.807) is 15.4 Å². The number of non-ortho nitro benzene ring substituents is 1. The number of halogens is 1. The Labute approximate surface area is 437 Å². The average molecular weight is 1070 g/mol. The van der Waals surface area contributed by atoms with Crippen LogP contribution in [-0.2, 0) is 72.2 Å². The van der Waals surface area contributed by atoms with Gasteiger partial charge in [0.2, 0.25) is 0 Å². The van der Waals surface area contributed by atoms with Crippen LogP contribution < -0.4 is 34.7 Å². The standard InChI is InChI=1S/C27H25BrN4O9S.C18H17N3O5S.Na/c1-13(33)41-23(21-20-15-5-6-16(9-15)22(20)30(29-21)10-19(34)39-2)27(28)25(36)31-18(12-42-26(27)31)24(35)40-11-14-3-7-17(8-4-14)32(37)38;1-26-13(22)6-20-15-9-3-2-8(4-9)14(15)11(19-20)5-10-16(23)21-12(18(24)25)7-27-17(10)21;/h3-4,7-8,12,15-16,23,26H,5-6,9-11H2,1-2H3;5,7-9,17H,2-4,6H2,1H3,(H,24,25);/q;;+1/p-1/b;10-5-;/t15?,16?,23?,26-,27?;8?,9?,17-;/m11./s1. The minimum absolute atomic E-state index is 0. The predicted octanol–water partition coefficient (Wildman–Crippen LogP) is 0.881. The number of rotatable bonds is 13. The van der Waals surface area contributed by atoms with E-state index < -0.39 is 50.5 Å². The van der Waals surface area contributed by atoms with Crippen molar-refractivity contribution in [1.29, 1.82) is 0 Å². The fraction of sp³-hybridized carbons (Fsp3) is 0.444. The van der Waals surface area contributed by atoms with E-state index in [4.69, 9.17) is 24.0 Å². The Morgan fingerprint density at radius 3 is 2.06 bits per heavy atom. The van der Waals surface area contributed by atoms with Gasteiger partial charge in [0, 0.05) is 58.8 Å². The van der Waals surface area contributed by atoms with Crippen LogP contribution in [0.2, 0.25) is 0 Å². The Bertz CT molecular complexity index is 2900. The maximum atomic E-state index is 13.8. The van der Waals surface area contributed by atoms with Gasteiger partial charge in [0.15, 0.2) is 10.4 Å². The van der Waals surface area contributed by atoms with Gasteiger partial charge >= 0.3 is 53.4 Å². The predicted molar refractivity (Wildman–Crippen MR) is 242 cm³/mol. The van der Waals surface area contributed by atoms with Crippen molar-refractivity contribution in [2.75, 3.05) is 14.2 Å². The summed E-state index contributed by atoms with van der Waals surface area (Å²) in [5.74, 6) is -3.16. The summed E-state index contributed by atoms with van der Waals surface area (Å²) in [5, 5.41) is 33.3. The fourth-order valence-electron chi connectivity index (χ4n) is 11.0. The van der Waals surface area contributed by atoms with Crippen molar-refractivity contribution in [2.45, 2.75) is 110 Å². The van der Waals surface area contributed by atoms with Crippen molar-refractivity contribution in [3.8, 4) is 0 Å². The second-order valence-corrected chi connectivity index (χ2v) is 20.9. The normalized spacial score (nSPS) is 26.5. The number of β-lactam (4-membered cyclic amide) rings is 2. The molecule has 11 rings (SSSR count). The number of nitrogens with zero attached hydrogens (tertiary/aromatic N) is 7. The van der Waals surface area contributed by atoms with Gasteiger partial charge in [0.05, 0.1) is 42.1 Å². The molecule has 0 radical (unpaired) electrons. The maximum absolute atomic E-state index is 13.8. The first-order valence-corrected chi connectivity index (χ1v) is 24.6. The average Bonchev–Trinajstić information content (AvgIpc) is 4.21. The summed E-state index contributed by atoms with van der Waals surface area (Å²) in [7, 11) is 2.65. The molecule has 3 aromatic rings. The monoisotopic (exact) mass is 1070 g/mol. The van der Waals surface area contributed by atoms with Gasteiger partial charge in [-0.1, -0.05) is 15.9 Å². The Balaban J connectivity index is 0.000000187. The number of ether oxygens (including phenoxy) is 4. The summed E-state index contributed by atoms with van der Waals surface area (Å²) in [5.41, 5.74) is 6.11. The number of carboxylic acid groups (broad SMARTS) is 1. The van der Waals surface area contributed by atoms with Crippen LogP contribution in [0.25, 0.3) is 6.08 Å². The number of carbonyl (C=O) groups excluding carboxylic acids is 7. The van der Waals surface area contributed by atoms with Crippen LogP contribution in [0, 0.1) is 10.1 Å². The molecule has 70 heavy (non-hydrogen) atoms. The van der Waals surface area contributed by atoms with Crippen molar-refractivity contribution >= 4 is 92.9 Å². The largest absolute Gasteiger partial charge is 1.00 e. The summed E-state index contributed by atoms with van der Waals surface area (Å²) < 4.78 is 22.7. The second-order valence-electron chi connectivity index (χ2n) is 17.7. The molecule has 4 aliphatic carbocycles. The van der Waals surface area contributed by atoms with Crippen LogP contribution >= 0.6 is 39.5 Å². The maximum Gasteiger partial charge on any atom is 1.00 e. The summed E-state index contributed by atoms with van der Waals surface area (Å²) in [6.45, 7) is 1.06. The Hall–Kier alpha value is -5.27. The van der Waals surface area contributed by atoms with E-state index in [1.165, 1.54) is 89.5 Å². The summed E-state index contributed by atoms with van der Waals surface area (Å²) in [4.78, 5) is 99.5. The van der Waals surface area contributed by atoms with Gasteiger partial charge < -0.3 is 28.8 Å². The van der Waals surface area contributed by atoms with E-state index >= 15 is 0 Å². The number of alkyl halides is 1. The number of fused-ring (bicyclic) bond motifs is 12. The molecule has 25 heteroatoms. The zero-order valence-corrected chi connectivity index (χ0v) is 43.2. The molecule has 4 bridgehead atoms. The molecule has 8 aliphatic rings. The number of hydrogen-bond acceptors (Lipinski definition) is 18. The molecule has 0 N–H and O–H groups in total. The Kier molecular flexibility index (Phi) is 13.5. The summed E-state index contributed by atoms with van der Waals surface area (Å²) in [6.07, 6.45) is 6.66. The van der Waals surface area contributed by atoms with Crippen molar-refractivity contribution < 1.29 is 92.1 Å². The Morgan fingerprint density at radius 2 is 1.46 bits per heavy atom. The number of benzene rings is 1. The molecule has 360 valence electrons. The van der Waals surface area contributed by atoms with E-state index in [2.05, 4.69) is 21.0 Å². The molecule has 2 amide bonds. The van der Waals surface area contributed by atoms with Gasteiger partial charge in [-0.05, 0) is 79.5 Å². The second kappa shape index (κ2) is 19.1. The number of methoxy groups -OCH3 is 2. The molecular formula is C45H41BrN7NaO14S2. The quantitative estimate of drug-likeness (QED) is 0.0336. The number of amides is 2. The molecule has 0 spiro atoms. The van der Waals surface area contributed by atoms with Crippen LogP contribution in [0.15, 0.2) is 52.0 Å². The van der Waals surface area contributed by atoms with Crippen molar-refractivity contribution in [3.05, 3.63) is 102 Å². The van der Waals surface area contributed by atoms with Crippen LogP contribution in [0.1, 0.15) is 115 Å². The van der Waals surface area contributed by atoms with E-state index in [9.17, 15) is 48.8 Å². The third kappa shape index (κ3) is 8.11. The first-order chi connectivity index (χ1) is 33.0. The van der Waals surface area contributed by atoms with Crippen LogP contribution in [0.4, 0.5) is 5.69 Å². The molecule has 21 nitrogen and oxygen atoms in total. The molecule has 1 aromatic carbocycles. The molecular weight excluding hydrogens is 1030 g/mol. The van der Waals surface area contributed by atoms with Gasteiger partial charge in [0.1, 0.15) is 41.8 Å². The number of aromatic nitrogens is 4. The molecule has 2 aromatic heterocycles. The first-order valence-electron chi connectivity index (χ1n) is 22.0. The van der Waals surface area contributed by atoms with Crippen molar-refractivity contribution in [1.82, 2.24) is 29.4 Å². The number of thioether (sulfide) groups is 2. The topological polar surface area (TPSA) is 265 Å². The van der Waals surface area contributed by atoms with E-state index in [-0.39, 0.29) is 95.4 Å². The van der Waals surface area contributed by atoms with Crippen molar-refractivity contribution in [3.63, 3.8) is 0 Å². The van der Waals surface area contributed by atoms with Crippen LogP contribution in [0.5, 0.6) is 0 Å². The van der Waals surface area contributed by atoms with Gasteiger partial charge in [-0.25, -0.2) is 4.79 Å². The summed E-state index contributed by atoms with van der Waals surface area (Å²) in [6, 6.07) is 5.59. The molecule has 8 atom stereocenters. The van der Waals surface area contributed by atoms with Crippen LogP contribution in [-0.4, -0.2) is 105 Å². The molecule has 2 saturated carbocycles. The van der Waals surface area contributed by atoms with E-state index in [0.717, 1.165) is 61.0 Å². The molecule has 6 heterocycles. The van der Waals surface area contributed by atoms with Crippen LogP contribution in [0.3, 0.4) is 0 Å². The molecule has 6 unspecified atom stereocenters. The zero-order chi connectivity index (χ0) is 48.8. The number of aliphatic carboxylic acids is 1. The molecule has 4 aliphatic heterocycles. The van der Waals surface area contributed by atoms with Gasteiger partial charge in [-0.2, -0.15) is 10.2 Å². The minimum atomic E-state index is -1.43. The van der Waals surface area contributed by atoms with E-state index in [1.807, 2.05) is 0 Å². The minimum Gasteiger partial charge on any atom is -0.543 e. The number of nitro benzene ring substituents is 1. The zero-order valence-electron chi connectivity index (χ0n) is 38.0. The Morgan fingerprint density at radius 1 is 0.871 bits per heavy atom. The number of hydrogen-bond donors (Lipinski definition) is 0. The third-order valence-corrected chi connectivity index (χ3v) is 17.7. The molecule has 4 fully saturated rings. The number of nitro groups is 1. The van der Waals surface area contributed by atoms with E-state index in [0.29, 0.717) is 34.4 Å². The number of carboxylic acids is 1. The van der Waals surface area contributed by atoms with Crippen molar-refractivity contribution in [2.24, 2.45) is 0 Å². The number of esters is 4. The summed E-state index contributed by atoms with van der Waals surface area (Å²) >= 11 is 6.09. The third-order valence-electron chi connectivity index (χ3n) is 14.0. The first kappa shape index (κ1) is 49.7. The fourth-order valence-corrected chi connectivity index (χ4v) is 14.3. The smallest absolute Gasteiger partial charge is 0.543 e. The SMILES string of the molecule is COC(=O)Cn1nc(/C=C2/C(=O)N3C(C(=O)[O-])=CS[C@H]23)c2c1C1CCC2C1.COC(=O)Cn1nc(C(OC(C)=O)C2(Br)C(=O)N3C(C(=O)OCc4ccc([N+](=O)[O-])cc4)=CS[C@@H]32)c2c1C1CCC2C1.[Na+]. The number of carbonyl (C=O) groups is 7. The van der Waals surface area contributed by atoms with Gasteiger partial charge in [0.25, 0.3) is 17.5 Å². The molecule has 2 saturated heterocycles.